The number of nitrogens with zero attached hydrogens (tertiary/aromatic N) is 2. The van der Waals surface area contributed by atoms with Crippen LogP contribution in [0, 0.1) is 0 Å². The highest BCUT2D eigenvalue weighted by Crippen LogP contribution is 2.10. The van der Waals surface area contributed by atoms with Crippen LogP contribution in [0.5, 0.6) is 0 Å². The fraction of sp³-hybridized carbons (Fsp3) is 0.900. The molecule has 0 aromatic heterocycles. The highest BCUT2D eigenvalue weighted by molar-refractivity contribution is 5.74. The molecule has 0 radical (unpaired) electrons. The van der Waals surface area contributed by atoms with Gasteiger partial charge in [-0.05, 0) is 13.5 Å². The molecule has 82 valence electrons. The van der Waals surface area contributed by atoms with Gasteiger partial charge in [0.2, 0.25) is 0 Å². The summed E-state index contributed by atoms with van der Waals surface area (Å²) in [5, 5.41) is 2.92. The molecule has 1 saturated heterocycles. The van der Waals surface area contributed by atoms with E-state index in [2.05, 4.69) is 24.2 Å². The number of likely N-dealkylation sites (tertiary alicyclic amines) is 1. The molecule has 4 heteroatoms. The second-order valence-corrected chi connectivity index (χ2v) is 4.07. The molecule has 0 atom stereocenters. The van der Waals surface area contributed by atoms with Gasteiger partial charge in [-0.1, -0.05) is 13.3 Å². The number of hydrogen-bond donors (Lipinski definition) is 1. The molecule has 0 aromatic rings. The zero-order valence-electron chi connectivity index (χ0n) is 9.42. The molecule has 4 nitrogen and oxygen atoms in total. The first-order chi connectivity index (χ1) is 6.65. The zero-order chi connectivity index (χ0) is 10.6. The van der Waals surface area contributed by atoms with Crippen LogP contribution in [-0.2, 0) is 0 Å². The van der Waals surface area contributed by atoms with Crippen molar-refractivity contribution < 1.29 is 4.79 Å². The summed E-state index contributed by atoms with van der Waals surface area (Å²) in [4.78, 5) is 15.6. The standard InChI is InChI=1S/C10H21N3O/c1-4-5-6-11-10(14)13(3)9-7-12(2)8-9/h9H,4-8H2,1-3H3,(H,11,14). The number of rotatable bonds is 4. The maximum atomic E-state index is 11.6. The molecule has 0 aliphatic carbocycles. The summed E-state index contributed by atoms with van der Waals surface area (Å²) in [6.45, 7) is 4.91. The third kappa shape index (κ3) is 2.87. The summed E-state index contributed by atoms with van der Waals surface area (Å²) >= 11 is 0. The summed E-state index contributed by atoms with van der Waals surface area (Å²) in [5.41, 5.74) is 0. The average Bonchev–Trinajstić information content (AvgIpc) is 2.12. The Balaban J connectivity index is 2.16. The summed E-state index contributed by atoms with van der Waals surface area (Å²) in [6, 6.07) is 0.471. The van der Waals surface area contributed by atoms with Gasteiger partial charge in [0, 0.05) is 26.7 Å². The lowest BCUT2D eigenvalue weighted by molar-refractivity contribution is 0.0875. The van der Waals surface area contributed by atoms with Crippen molar-refractivity contribution in [2.75, 3.05) is 33.7 Å². The fourth-order valence-electron chi connectivity index (χ4n) is 1.57. The van der Waals surface area contributed by atoms with Gasteiger partial charge in [-0.15, -0.1) is 0 Å². The molecule has 2 amide bonds. The molecule has 1 aliphatic heterocycles. The number of carbonyl (C=O) groups excluding carboxylic acids is 1. The van der Waals surface area contributed by atoms with Crippen LogP contribution in [0.2, 0.25) is 0 Å². The number of unbranched alkanes of at least 4 members (excludes halogenated alkanes) is 1. The lowest BCUT2D eigenvalue weighted by Crippen LogP contribution is -2.59. The van der Waals surface area contributed by atoms with E-state index in [1.165, 1.54) is 0 Å². The van der Waals surface area contributed by atoms with Crippen LogP contribution in [-0.4, -0.2) is 55.6 Å². The van der Waals surface area contributed by atoms with Gasteiger partial charge in [0.15, 0.2) is 0 Å². The molecular weight excluding hydrogens is 178 g/mol. The number of amides is 2. The van der Waals surface area contributed by atoms with Gasteiger partial charge in [0.25, 0.3) is 0 Å². The van der Waals surface area contributed by atoms with Gasteiger partial charge in [-0.25, -0.2) is 4.79 Å². The Morgan fingerprint density at radius 1 is 1.57 bits per heavy atom. The Hall–Kier alpha value is -0.770. The average molecular weight is 199 g/mol. The lowest BCUT2D eigenvalue weighted by atomic mass is 10.1. The van der Waals surface area contributed by atoms with E-state index in [0.717, 1.165) is 32.5 Å². The number of carbonyl (C=O) groups is 1. The molecule has 0 saturated carbocycles. The lowest BCUT2D eigenvalue weighted by Gasteiger charge is -2.41. The highest BCUT2D eigenvalue weighted by atomic mass is 16.2. The topological polar surface area (TPSA) is 35.6 Å². The van der Waals surface area contributed by atoms with Crippen LogP contribution >= 0.6 is 0 Å². The molecular formula is C10H21N3O. The second kappa shape index (κ2) is 5.20. The first kappa shape index (κ1) is 11.3. The Kier molecular flexibility index (Phi) is 4.20. The van der Waals surface area contributed by atoms with E-state index in [9.17, 15) is 4.79 Å². The minimum Gasteiger partial charge on any atom is -0.338 e. The Bertz CT molecular complexity index is 190. The molecule has 0 spiro atoms. The Morgan fingerprint density at radius 3 is 2.71 bits per heavy atom. The van der Waals surface area contributed by atoms with E-state index in [4.69, 9.17) is 0 Å². The minimum atomic E-state index is 0.0663. The summed E-state index contributed by atoms with van der Waals surface area (Å²) in [6.07, 6.45) is 2.18. The second-order valence-electron chi connectivity index (χ2n) is 4.07. The Morgan fingerprint density at radius 2 is 2.21 bits per heavy atom. The van der Waals surface area contributed by atoms with E-state index in [-0.39, 0.29) is 6.03 Å². The van der Waals surface area contributed by atoms with E-state index >= 15 is 0 Å². The van der Waals surface area contributed by atoms with Gasteiger partial charge in [0.05, 0.1) is 6.04 Å². The molecule has 1 aliphatic rings. The van der Waals surface area contributed by atoms with E-state index in [1.54, 1.807) is 0 Å². The molecule has 1 rings (SSSR count). The van der Waals surface area contributed by atoms with Crippen LogP contribution in [0.3, 0.4) is 0 Å². The maximum absolute atomic E-state index is 11.6. The molecule has 0 aromatic carbocycles. The molecule has 0 unspecified atom stereocenters. The summed E-state index contributed by atoms with van der Waals surface area (Å²) < 4.78 is 0. The highest BCUT2D eigenvalue weighted by Gasteiger charge is 2.29. The number of nitrogens with one attached hydrogen (secondary N) is 1. The minimum absolute atomic E-state index is 0.0663. The monoisotopic (exact) mass is 199 g/mol. The molecule has 1 heterocycles. The molecule has 14 heavy (non-hydrogen) atoms. The largest absolute Gasteiger partial charge is 0.338 e. The SMILES string of the molecule is CCCCNC(=O)N(C)C1CN(C)C1. The van der Waals surface area contributed by atoms with Gasteiger partial charge in [-0.2, -0.15) is 0 Å². The predicted octanol–water partition coefficient (Wildman–Crippen LogP) is 0.742. The van der Waals surface area contributed by atoms with Gasteiger partial charge in [0.1, 0.15) is 0 Å². The normalized spacial score (nSPS) is 17.6. The molecule has 1 N–H and O–H groups in total. The number of likely N-dealkylation sites (N-methyl/N-ethyl adjacent to an activating group) is 2. The predicted molar refractivity (Wildman–Crippen MR) is 57.4 cm³/mol. The molecule has 0 bridgehead atoms. The van der Waals surface area contributed by atoms with Crippen molar-refractivity contribution in [3.8, 4) is 0 Å². The van der Waals surface area contributed by atoms with Crippen molar-refractivity contribution in [3.05, 3.63) is 0 Å². The van der Waals surface area contributed by atoms with Crippen molar-refractivity contribution in [3.63, 3.8) is 0 Å². The van der Waals surface area contributed by atoms with E-state index < -0.39 is 0 Å². The van der Waals surface area contributed by atoms with Crippen LogP contribution in [0.25, 0.3) is 0 Å². The smallest absolute Gasteiger partial charge is 0.317 e. The third-order valence-electron chi connectivity index (χ3n) is 2.72. The molecule has 1 fully saturated rings. The summed E-state index contributed by atoms with van der Waals surface area (Å²) in [5.74, 6) is 0. The first-order valence-corrected chi connectivity index (χ1v) is 5.34. The van der Waals surface area contributed by atoms with Gasteiger partial charge < -0.3 is 15.1 Å². The van der Waals surface area contributed by atoms with Gasteiger partial charge >= 0.3 is 6.03 Å². The Labute approximate surface area is 86.2 Å². The van der Waals surface area contributed by atoms with Crippen molar-refractivity contribution in [2.45, 2.75) is 25.8 Å². The van der Waals surface area contributed by atoms with E-state index in [1.807, 2.05) is 11.9 Å². The van der Waals surface area contributed by atoms with Crippen molar-refractivity contribution in [2.24, 2.45) is 0 Å². The van der Waals surface area contributed by atoms with Crippen molar-refractivity contribution >= 4 is 6.03 Å². The van der Waals surface area contributed by atoms with Crippen LogP contribution in [0.4, 0.5) is 4.79 Å². The maximum Gasteiger partial charge on any atom is 0.317 e. The number of hydrogen-bond acceptors (Lipinski definition) is 2. The first-order valence-electron chi connectivity index (χ1n) is 5.34. The van der Waals surface area contributed by atoms with Crippen LogP contribution in [0.15, 0.2) is 0 Å². The quantitative estimate of drug-likeness (QED) is 0.678. The van der Waals surface area contributed by atoms with Crippen molar-refractivity contribution in [1.82, 2.24) is 15.1 Å². The van der Waals surface area contributed by atoms with Crippen LogP contribution in [0.1, 0.15) is 19.8 Å². The van der Waals surface area contributed by atoms with Crippen LogP contribution < -0.4 is 5.32 Å². The van der Waals surface area contributed by atoms with Gasteiger partial charge in [-0.3, -0.25) is 0 Å². The van der Waals surface area contributed by atoms with Crippen molar-refractivity contribution in [1.29, 1.82) is 0 Å². The fourth-order valence-corrected chi connectivity index (χ4v) is 1.57. The van der Waals surface area contributed by atoms with E-state index in [0.29, 0.717) is 6.04 Å². The zero-order valence-corrected chi connectivity index (χ0v) is 9.42. The summed E-state index contributed by atoms with van der Waals surface area (Å²) in [7, 11) is 3.94. The third-order valence-corrected chi connectivity index (χ3v) is 2.72. The number of urea groups is 1.